The molecule has 0 fully saturated rings. The Morgan fingerprint density at radius 1 is 1.40 bits per heavy atom. The van der Waals surface area contributed by atoms with Gasteiger partial charge in [0.2, 0.25) is 0 Å². The highest BCUT2D eigenvalue weighted by molar-refractivity contribution is 6.30. The smallest absolute Gasteiger partial charge is 0.165 e. The van der Waals surface area contributed by atoms with E-state index in [1.807, 2.05) is 6.92 Å². The van der Waals surface area contributed by atoms with Crippen molar-refractivity contribution >= 4 is 17.4 Å². The molecule has 1 atom stereocenters. The third-order valence-electron chi connectivity index (χ3n) is 2.42. The number of Topliss-reactive ketones (excluding diaryl/α,β-unsaturated/α-hetero) is 1. The summed E-state index contributed by atoms with van der Waals surface area (Å²) in [6.45, 7) is 2.57. The van der Waals surface area contributed by atoms with E-state index in [0.29, 0.717) is 11.6 Å². The van der Waals surface area contributed by atoms with E-state index in [2.05, 4.69) is 0 Å². The fraction of sp³-hybridized carbons (Fsp3) is 0.417. The van der Waals surface area contributed by atoms with Gasteiger partial charge in [0.05, 0.1) is 0 Å². The van der Waals surface area contributed by atoms with E-state index < -0.39 is 0 Å². The SMILES string of the molecule is CC(CCCN)C(=O)c1ccc(Cl)cc1. The quantitative estimate of drug-likeness (QED) is 0.783. The first-order valence-electron chi connectivity index (χ1n) is 5.15. The lowest BCUT2D eigenvalue weighted by Gasteiger charge is -2.09. The average Bonchev–Trinajstić information content (AvgIpc) is 2.26. The molecule has 0 radical (unpaired) electrons. The summed E-state index contributed by atoms with van der Waals surface area (Å²) in [5, 5.41) is 0.654. The number of halogens is 1. The predicted octanol–water partition coefficient (Wildman–Crippen LogP) is 2.90. The standard InChI is InChI=1S/C12H16ClNO/c1-9(3-2-8-14)12(15)10-4-6-11(13)7-5-10/h4-7,9H,2-3,8,14H2,1H3. The van der Waals surface area contributed by atoms with Crippen LogP contribution >= 0.6 is 11.6 Å². The highest BCUT2D eigenvalue weighted by Crippen LogP contribution is 2.16. The lowest BCUT2D eigenvalue weighted by atomic mass is 9.95. The normalized spacial score (nSPS) is 12.5. The molecule has 1 unspecified atom stereocenters. The van der Waals surface area contributed by atoms with E-state index in [-0.39, 0.29) is 11.7 Å². The van der Waals surface area contributed by atoms with Gasteiger partial charge in [-0.15, -0.1) is 0 Å². The molecule has 3 heteroatoms. The van der Waals surface area contributed by atoms with Crippen molar-refractivity contribution < 1.29 is 4.79 Å². The Hall–Kier alpha value is -0.860. The summed E-state index contributed by atoms with van der Waals surface area (Å²) in [5.41, 5.74) is 6.13. The average molecular weight is 226 g/mol. The lowest BCUT2D eigenvalue weighted by molar-refractivity contribution is 0.0923. The molecule has 2 nitrogen and oxygen atoms in total. The number of carbonyl (C=O) groups is 1. The van der Waals surface area contributed by atoms with Gasteiger partial charge >= 0.3 is 0 Å². The maximum absolute atomic E-state index is 11.9. The van der Waals surface area contributed by atoms with E-state index in [4.69, 9.17) is 17.3 Å². The van der Waals surface area contributed by atoms with Gasteiger partial charge in [0.1, 0.15) is 0 Å². The first kappa shape index (κ1) is 12.2. The van der Waals surface area contributed by atoms with Crippen molar-refractivity contribution in [3.63, 3.8) is 0 Å². The van der Waals surface area contributed by atoms with Gasteiger partial charge in [0.15, 0.2) is 5.78 Å². The van der Waals surface area contributed by atoms with E-state index in [0.717, 1.165) is 18.4 Å². The van der Waals surface area contributed by atoms with Gasteiger partial charge in [-0.2, -0.15) is 0 Å². The summed E-state index contributed by atoms with van der Waals surface area (Å²) < 4.78 is 0. The number of benzene rings is 1. The Morgan fingerprint density at radius 2 is 2.00 bits per heavy atom. The second-order valence-electron chi connectivity index (χ2n) is 3.70. The molecule has 0 amide bonds. The van der Waals surface area contributed by atoms with Crippen LogP contribution in [0.5, 0.6) is 0 Å². The minimum Gasteiger partial charge on any atom is -0.330 e. The molecule has 0 spiro atoms. The molecule has 0 saturated carbocycles. The van der Waals surface area contributed by atoms with Crippen molar-refractivity contribution in [2.75, 3.05) is 6.54 Å². The third-order valence-corrected chi connectivity index (χ3v) is 2.67. The minimum atomic E-state index is 0.0368. The summed E-state index contributed by atoms with van der Waals surface area (Å²) in [6, 6.07) is 7.02. The summed E-state index contributed by atoms with van der Waals surface area (Å²) >= 11 is 5.75. The van der Waals surface area contributed by atoms with Crippen LogP contribution in [0.15, 0.2) is 24.3 Å². The third kappa shape index (κ3) is 3.65. The molecule has 0 saturated heterocycles. The van der Waals surface area contributed by atoms with Crippen molar-refractivity contribution in [3.05, 3.63) is 34.9 Å². The molecule has 1 rings (SSSR count). The van der Waals surface area contributed by atoms with Crippen LogP contribution in [0.3, 0.4) is 0 Å². The molecule has 0 heterocycles. The van der Waals surface area contributed by atoms with Gasteiger partial charge in [-0.3, -0.25) is 4.79 Å². The Kier molecular flexibility index (Phi) is 4.79. The number of hydrogen-bond acceptors (Lipinski definition) is 2. The van der Waals surface area contributed by atoms with Crippen LogP contribution in [0.4, 0.5) is 0 Å². The van der Waals surface area contributed by atoms with E-state index in [1.54, 1.807) is 24.3 Å². The molecule has 0 bridgehead atoms. The van der Waals surface area contributed by atoms with Crippen LogP contribution in [0.1, 0.15) is 30.1 Å². The first-order chi connectivity index (χ1) is 7.15. The zero-order valence-corrected chi connectivity index (χ0v) is 9.63. The zero-order valence-electron chi connectivity index (χ0n) is 8.87. The number of rotatable bonds is 5. The number of hydrogen-bond donors (Lipinski definition) is 1. The fourth-order valence-corrected chi connectivity index (χ4v) is 1.58. The van der Waals surface area contributed by atoms with Crippen LogP contribution in [-0.2, 0) is 0 Å². The van der Waals surface area contributed by atoms with Gasteiger partial charge in [-0.25, -0.2) is 0 Å². The van der Waals surface area contributed by atoms with Crippen molar-refractivity contribution in [1.82, 2.24) is 0 Å². The molecule has 0 aliphatic rings. The Balaban J connectivity index is 2.63. The molecule has 15 heavy (non-hydrogen) atoms. The number of ketones is 1. The predicted molar refractivity (Wildman–Crippen MR) is 63.2 cm³/mol. The second kappa shape index (κ2) is 5.89. The van der Waals surface area contributed by atoms with E-state index in [9.17, 15) is 4.79 Å². The molecule has 1 aromatic rings. The fourth-order valence-electron chi connectivity index (χ4n) is 1.45. The molecular formula is C12H16ClNO. The highest BCUT2D eigenvalue weighted by atomic mass is 35.5. The van der Waals surface area contributed by atoms with Crippen molar-refractivity contribution in [2.45, 2.75) is 19.8 Å². The maximum Gasteiger partial charge on any atom is 0.165 e. The molecule has 1 aromatic carbocycles. The lowest BCUT2D eigenvalue weighted by Crippen LogP contribution is -2.13. The van der Waals surface area contributed by atoms with Gasteiger partial charge in [0, 0.05) is 16.5 Å². The van der Waals surface area contributed by atoms with Crippen molar-refractivity contribution in [1.29, 1.82) is 0 Å². The molecule has 0 aliphatic carbocycles. The van der Waals surface area contributed by atoms with Gasteiger partial charge in [-0.05, 0) is 43.7 Å². The molecule has 82 valence electrons. The number of nitrogens with two attached hydrogens (primary N) is 1. The van der Waals surface area contributed by atoms with Gasteiger partial charge in [-0.1, -0.05) is 18.5 Å². The van der Waals surface area contributed by atoms with E-state index in [1.165, 1.54) is 0 Å². The Labute approximate surface area is 95.4 Å². The van der Waals surface area contributed by atoms with Gasteiger partial charge < -0.3 is 5.73 Å². The highest BCUT2D eigenvalue weighted by Gasteiger charge is 2.14. The van der Waals surface area contributed by atoms with Crippen LogP contribution in [-0.4, -0.2) is 12.3 Å². The van der Waals surface area contributed by atoms with Crippen molar-refractivity contribution in [3.8, 4) is 0 Å². The topological polar surface area (TPSA) is 43.1 Å². The monoisotopic (exact) mass is 225 g/mol. The van der Waals surface area contributed by atoms with Crippen LogP contribution < -0.4 is 5.73 Å². The summed E-state index contributed by atoms with van der Waals surface area (Å²) in [7, 11) is 0. The summed E-state index contributed by atoms with van der Waals surface area (Å²) in [4.78, 5) is 11.9. The number of carbonyl (C=O) groups excluding carboxylic acids is 1. The summed E-state index contributed by atoms with van der Waals surface area (Å²) in [6.07, 6.45) is 1.73. The van der Waals surface area contributed by atoms with Crippen LogP contribution in [0.25, 0.3) is 0 Å². The first-order valence-corrected chi connectivity index (χ1v) is 5.52. The minimum absolute atomic E-state index is 0.0368. The van der Waals surface area contributed by atoms with Crippen molar-refractivity contribution in [2.24, 2.45) is 11.7 Å². The second-order valence-corrected chi connectivity index (χ2v) is 4.14. The Morgan fingerprint density at radius 3 is 2.53 bits per heavy atom. The van der Waals surface area contributed by atoms with Crippen LogP contribution in [0.2, 0.25) is 5.02 Å². The summed E-state index contributed by atoms with van der Waals surface area (Å²) in [5.74, 6) is 0.204. The van der Waals surface area contributed by atoms with Gasteiger partial charge in [0.25, 0.3) is 0 Å². The molecule has 0 aromatic heterocycles. The molecular weight excluding hydrogens is 210 g/mol. The Bertz CT molecular complexity index is 321. The maximum atomic E-state index is 11.9. The molecule has 0 aliphatic heterocycles. The molecule has 2 N–H and O–H groups in total. The zero-order chi connectivity index (χ0) is 11.3. The largest absolute Gasteiger partial charge is 0.330 e. The van der Waals surface area contributed by atoms with Crippen LogP contribution in [0, 0.1) is 5.92 Å². The van der Waals surface area contributed by atoms with E-state index >= 15 is 0 Å².